The maximum atomic E-state index is 12.0. The number of hydrogen-bond acceptors (Lipinski definition) is 4. The van der Waals surface area contributed by atoms with Crippen LogP contribution in [0.25, 0.3) is 11.0 Å². The molecule has 2 aromatic heterocycles. The number of amides is 1. The van der Waals surface area contributed by atoms with E-state index in [1.54, 1.807) is 11.2 Å². The summed E-state index contributed by atoms with van der Waals surface area (Å²) in [5.41, 5.74) is 2.04. The lowest BCUT2D eigenvalue weighted by Gasteiger charge is -2.33. The van der Waals surface area contributed by atoms with Crippen molar-refractivity contribution in [2.45, 2.75) is 31.8 Å². The molecule has 5 atom stereocenters. The molecule has 1 aliphatic heterocycles. The summed E-state index contributed by atoms with van der Waals surface area (Å²) >= 11 is 0. The quantitative estimate of drug-likeness (QED) is 0.692. The van der Waals surface area contributed by atoms with Crippen molar-refractivity contribution < 1.29 is 9.90 Å². The molecule has 7 heteroatoms. The van der Waals surface area contributed by atoms with Gasteiger partial charge in [0, 0.05) is 31.9 Å². The fraction of sp³-hybridized carbons (Fsp3) is 0.435. The molecule has 1 aliphatic carbocycles. The average Bonchev–Trinajstić information content (AvgIpc) is 3.44. The fourth-order valence-electron chi connectivity index (χ4n) is 5.83. The monoisotopic (exact) mass is 405 g/mol. The number of anilines is 1. The summed E-state index contributed by atoms with van der Waals surface area (Å²) in [5, 5.41) is 10.9. The third-order valence-corrected chi connectivity index (χ3v) is 7.35. The summed E-state index contributed by atoms with van der Waals surface area (Å²) in [4.78, 5) is 28.0. The molecule has 7 nitrogen and oxygen atoms in total. The van der Waals surface area contributed by atoms with Gasteiger partial charge in [-0.2, -0.15) is 0 Å². The summed E-state index contributed by atoms with van der Waals surface area (Å²) in [6.45, 7) is 2.89. The first-order valence-corrected chi connectivity index (χ1v) is 10.6. The van der Waals surface area contributed by atoms with Gasteiger partial charge in [-0.15, -0.1) is 0 Å². The molecule has 1 saturated carbocycles. The molecule has 1 amide bonds. The second-order valence-electron chi connectivity index (χ2n) is 8.73. The minimum atomic E-state index is -0.799. The van der Waals surface area contributed by atoms with Gasteiger partial charge < -0.3 is 19.9 Å². The predicted molar refractivity (Wildman–Crippen MR) is 116 cm³/mol. The molecule has 3 heterocycles. The molecule has 1 unspecified atom stereocenters. The van der Waals surface area contributed by atoms with Gasteiger partial charge in [0.25, 0.3) is 0 Å². The Bertz CT molecular complexity index is 1050. The predicted octanol–water partition coefficient (Wildman–Crippen LogP) is 3.64. The zero-order valence-electron chi connectivity index (χ0n) is 17.3. The molecule has 30 heavy (non-hydrogen) atoms. The number of hydrogen-bond donors (Lipinski definition) is 2. The molecule has 2 aliphatic rings. The van der Waals surface area contributed by atoms with Crippen LogP contribution in [-0.2, 0) is 6.42 Å². The highest BCUT2D eigenvalue weighted by Gasteiger charge is 2.53. The van der Waals surface area contributed by atoms with Gasteiger partial charge in [0.2, 0.25) is 0 Å². The maximum Gasteiger partial charge on any atom is 0.407 e. The Morgan fingerprint density at radius 1 is 1.23 bits per heavy atom. The second kappa shape index (κ2) is 7.31. The molecule has 1 aromatic carbocycles. The van der Waals surface area contributed by atoms with Crippen LogP contribution in [0.15, 0.2) is 48.9 Å². The topological polar surface area (TPSA) is 85.3 Å². The molecular formula is C23H27N5O2. The number of carbonyl (C=O) groups is 1. The van der Waals surface area contributed by atoms with E-state index < -0.39 is 6.09 Å². The number of nitrogens with zero attached hydrogens (tertiary/aromatic N) is 4. The third-order valence-electron chi connectivity index (χ3n) is 7.35. The van der Waals surface area contributed by atoms with Gasteiger partial charge in [0.15, 0.2) is 0 Å². The summed E-state index contributed by atoms with van der Waals surface area (Å²) in [5.74, 6) is 2.04. The second-order valence-corrected chi connectivity index (χ2v) is 8.73. The smallest absolute Gasteiger partial charge is 0.407 e. The lowest BCUT2D eigenvalue weighted by Crippen LogP contribution is -2.42. The van der Waals surface area contributed by atoms with E-state index in [1.807, 2.05) is 30.5 Å². The largest absolute Gasteiger partial charge is 0.465 e. The zero-order valence-corrected chi connectivity index (χ0v) is 17.3. The average molecular weight is 406 g/mol. The van der Waals surface area contributed by atoms with E-state index in [-0.39, 0.29) is 6.04 Å². The van der Waals surface area contributed by atoms with Crippen LogP contribution >= 0.6 is 0 Å². The Kier molecular flexibility index (Phi) is 4.60. The number of carboxylic acid groups (broad SMARTS) is 1. The Hall–Kier alpha value is -3.09. The van der Waals surface area contributed by atoms with Crippen molar-refractivity contribution in [1.29, 1.82) is 0 Å². The van der Waals surface area contributed by atoms with Gasteiger partial charge in [-0.05, 0) is 42.2 Å². The van der Waals surface area contributed by atoms with E-state index in [0.717, 1.165) is 29.7 Å². The zero-order chi connectivity index (χ0) is 20.8. The van der Waals surface area contributed by atoms with E-state index in [2.05, 4.69) is 46.0 Å². The van der Waals surface area contributed by atoms with Crippen molar-refractivity contribution in [3.8, 4) is 0 Å². The van der Waals surface area contributed by atoms with Crippen molar-refractivity contribution in [3.63, 3.8) is 0 Å². The molecular weight excluding hydrogens is 378 g/mol. The minimum Gasteiger partial charge on any atom is -0.465 e. The molecule has 2 fully saturated rings. The summed E-state index contributed by atoms with van der Waals surface area (Å²) < 4.78 is 0. The van der Waals surface area contributed by atoms with Crippen LogP contribution in [-0.4, -0.2) is 56.7 Å². The van der Waals surface area contributed by atoms with E-state index in [9.17, 15) is 9.90 Å². The van der Waals surface area contributed by atoms with E-state index >= 15 is 0 Å². The molecule has 0 spiro atoms. The standard InChI is InChI=1S/C23H27N5O2/c1-14-18-12-28(23(29)30)20(10-15-6-4-3-5-7-15)17(18)11-19(14)27(2)22-16-8-9-24-21(16)25-13-26-22/h3-9,13-14,17-20H,10-12H2,1-2H3,(H,29,30)(H,24,25,26)/t14-,17+,18+,19+,20?/m1/s1. The molecule has 2 N–H and O–H groups in total. The van der Waals surface area contributed by atoms with E-state index in [4.69, 9.17) is 0 Å². The molecule has 1 saturated heterocycles. The van der Waals surface area contributed by atoms with Crippen LogP contribution < -0.4 is 4.90 Å². The van der Waals surface area contributed by atoms with Gasteiger partial charge in [0.05, 0.1) is 5.39 Å². The van der Waals surface area contributed by atoms with Crippen molar-refractivity contribution in [2.75, 3.05) is 18.5 Å². The summed E-state index contributed by atoms with van der Waals surface area (Å²) in [6.07, 6.45) is 4.44. The Morgan fingerprint density at radius 3 is 2.80 bits per heavy atom. The van der Waals surface area contributed by atoms with Crippen LogP contribution in [0.5, 0.6) is 0 Å². The molecule has 0 radical (unpaired) electrons. The number of benzene rings is 1. The lowest BCUT2D eigenvalue weighted by molar-refractivity contribution is 0.131. The van der Waals surface area contributed by atoms with Gasteiger partial charge >= 0.3 is 6.09 Å². The summed E-state index contributed by atoms with van der Waals surface area (Å²) in [6, 6.07) is 12.6. The van der Waals surface area contributed by atoms with Crippen molar-refractivity contribution >= 4 is 22.9 Å². The van der Waals surface area contributed by atoms with Crippen molar-refractivity contribution in [2.24, 2.45) is 17.8 Å². The van der Waals surface area contributed by atoms with Crippen LogP contribution in [0.3, 0.4) is 0 Å². The first-order valence-electron chi connectivity index (χ1n) is 10.6. The molecule has 156 valence electrons. The first kappa shape index (κ1) is 18.9. The number of rotatable bonds is 4. The van der Waals surface area contributed by atoms with Crippen LogP contribution in [0, 0.1) is 17.8 Å². The highest BCUT2D eigenvalue weighted by molar-refractivity contribution is 5.87. The number of aromatic nitrogens is 3. The number of aromatic amines is 1. The number of fused-ring (bicyclic) bond motifs is 2. The number of likely N-dealkylation sites (tertiary alicyclic amines) is 1. The number of nitrogens with one attached hydrogen (secondary N) is 1. The Balaban J connectivity index is 1.42. The Labute approximate surface area is 175 Å². The van der Waals surface area contributed by atoms with Gasteiger partial charge in [-0.3, -0.25) is 0 Å². The maximum absolute atomic E-state index is 12.0. The fourth-order valence-corrected chi connectivity index (χ4v) is 5.83. The van der Waals surface area contributed by atoms with E-state index in [0.29, 0.717) is 30.3 Å². The van der Waals surface area contributed by atoms with Gasteiger partial charge in [-0.1, -0.05) is 37.3 Å². The van der Waals surface area contributed by atoms with E-state index in [1.165, 1.54) is 5.56 Å². The Morgan fingerprint density at radius 2 is 2.03 bits per heavy atom. The summed E-state index contributed by atoms with van der Waals surface area (Å²) in [7, 11) is 2.11. The number of H-pyrrole nitrogens is 1. The van der Waals surface area contributed by atoms with Crippen LogP contribution in [0.1, 0.15) is 18.9 Å². The normalized spacial score (nSPS) is 28.1. The van der Waals surface area contributed by atoms with Crippen LogP contribution in [0.2, 0.25) is 0 Å². The van der Waals surface area contributed by atoms with Gasteiger partial charge in [0.1, 0.15) is 17.8 Å². The highest BCUT2D eigenvalue weighted by Crippen LogP contribution is 2.48. The highest BCUT2D eigenvalue weighted by atomic mass is 16.4. The lowest BCUT2D eigenvalue weighted by atomic mass is 9.87. The molecule has 3 aromatic rings. The van der Waals surface area contributed by atoms with Crippen molar-refractivity contribution in [1.82, 2.24) is 19.9 Å². The van der Waals surface area contributed by atoms with Crippen LogP contribution in [0.4, 0.5) is 10.6 Å². The third kappa shape index (κ3) is 3.00. The minimum absolute atomic E-state index is 0.0217. The first-order chi connectivity index (χ1) is 14.5. The molecule has 0 bridgehead atoms. The molecule has 5 rings (SSSR count). The van der Waals surface area contributed by atoms with Gasteiger partial charge in [-0.25, -0.2) is 14.8 Å². The SMILES string of the molecule is C[C@@H]1[C@@H]2CN(C(=O)O)C(Cc3ccccc3)[C@H]2C[C@@H]1N(C)c1ncnc2[nH]ccc12. The van der Waals surface area contributed by atoms with Crippen molar-refractivity contribution in [3.05, 3.63) is 54.5 Å².